The van der Waals surface area contributed by atoms with E-state index in [2.05, 4.69) is 25.1 Å². The van der Waals surface area contributed by atoms with Crippen LogP contribution in [0, 0.1) is 0 Å². The lowest BCUT2D eigenvalue weighted by molar-refractivity contribution is -0.286. The summed E-state index contributed by atoms with van der Waals surface area (Å²) in [6.07, 6.45) is -6.63. The van der Waals surface area contributed by atoms with Gasteiger partial charge < -0.3 is 25.1 Å². The highest BCUT2D eigenvalue weighted by molar-refractivity contribution is 6.06. The zero-order valence-electron chi connectivity index (χ0n) is 17.0. The first-order chi connectivity index (χ1) is 16.1. The molecule has 0 atom stereocenters. The van der Waals surface area contributed by atoms with Crippen molar-refractivity contribution in [3.63, 3.8) is 0 Å². The lowest BCUT2D eigenvalue weighted by Crippen LogP contribution is -2.25. The SMILES string of the molecule is O=C(Nc1ccc(C(F)(F)F)cc1)Nc1c[nH]c2ccc(-c3ccc4c(c3)OC(F)(F)O4)cc12. The predicted octanol–water partition coefficient (Wildman–Crippen LogP) is 6.82. The minimum absolute atomic E-state index is 0.0706. The quantitative estimate of drug-likeness (QED) is 0.285. The zero-order chi connectivity index (χ0) is 24.1. The van der Waals surface area contributed by atoms with Gasteiger partial charge in [0.05, 0.1) is 11.3 Å². The van der Waals surface area contributed by atoms with Gasteiger partial charge in [-0.1, -0.05) is 12.1 Å². The lowest BCUT2D eigenvalue weighted by Gasteiger charge is -2.10. The second kappa shape index (κ2) is 7.65. The van der Waals surface area contributed by atoms with Gasteiger partial charge in [-0.25, -0.2) is 4.79 Å². The van der Waals surface area contributed by atoms with Gasteiger partial charge in [0.15, 0.2) is 11.5 Å². The molecular formula is C23H14F5N3O3. The molecule has 174 valence electrons. The largest absolute Gasteiger partial charge is 0.586 e. The van der Waals surface area contributed by atoms with Crippen LogP contribution in [0.15, 0.2) is 66.9 Å². The van der Waals surface area contributed by atoms with Crippen LogP contribution in [0.2, 0.25) is 0 Å². The number of hydrogen-bond acceptors (Lipinski definition) is 3. The molecule has 1 aliphatic rings. The number of aromatic amines is 1. The molecule has 1 aromatic heterocycles. The summed E-state index contributed by atoms with van der Waals surface area (Å²) in [6, 6.07) is 13.1. The molecule has 0 aliphatic carbocycles. The Balaban J connectivity index is 1.35. The summed E-state index contributed by atoms with van der Waals surface area (Å²) in [5, 5.41) is 5.74. The van der Waals surface area contributed by atoms with Gasteiger partial charge in [0.1, 0.15) is 0 Å². The van der Waals surface area contributed by atoms with Crippen molar-refractivity contribution in [3.8, 4) is 22.6 Å². The summed E-state index contributed by atoms with van der Waals surface area (Å²) < 4.78 is 73.6. The third-order valence-corrected chi connectivity index (χ3v) is 5.13. The maximum absolute atomic E-state index is 13.3. The fourth-order valence-electron chi connectivity index (χ4n) is 3.56. The second-order valence-electron chi connectivity index (χ2n) is 7.45. The minimum Gasteiger partial charge on any atom is -0.395 e. The maximum atomic E-state index is 13.3. The number of H-pyrrole nitrogens is 1. The van der Waals surface area contributed by atoms with Gasteiger partial charge >= 0.3 is 18.5 Å². The second-order valence-corrected chi connectivity index (χ2v) is 7.45. The molecule has 1 aliphatic heterocycles. The Hall–Kier alpha value is -4.28. The Bertz CT molecular complexity index is 1400. The monoisotopic (exact) mass is 475 g/mol. The van der Waals surface area contributed by atoms with Crippen molar-refractivity contribution in [1.29, 1.82) is 0 Å². The number of urea groups is 1. The highest BCUT2D eigenvalue weighted by atomic mass is 19.4. The number of hydrogen-bond donors (Lipinski definition) is 3. The molecule has 0 fully saturated rings. The first-order valence-corrected chi connectivity index (χ1v) is 9.84. The Morgan fingerprint density at radius 3 is 2.26 bits per heavy atom. The average Bonchev–Trinajstić information content (AvgIpc) is 3.31. The van der Waals surface area contributed by atoms with E-state index in [4.69, 9.17) is 0 Å². The zero-order valence-corrected chi connectivity index (χ0v) is 17.0. The Morgan fingerprint density at radius 2 is 1.53 bits per heavy atom. The number of carbonyl (C=O) groups excluding carboxylic acids is 1. The molecule has 5 rings (SSSR count). The molecule has 2 heterocycles. The molecule has 4 aromatic rings. The predicted molar refractivity (Wildman–Crippen MR) is 114 cm³/mol. The van der Waals surface area contributed by atoms with Crippen molar-refractivity contribution in [2.24, 2.45) is 0 Å². The Labute approximate surface area is 188 Å². The summed E-state index contributed by atoms with van der Waals surface area (Å²) in [5.41, 5.74) is 1.72. The van der Waals surface area contributed by atoms with Crippen LogP contribution in [0.4, 0.5) is 38.1 Å². The van der Waals surface area contributed by atoms with Crippen LogP contribution in [0.3, 0.4) is 0 Å². The van der Waals surface area contributed by atoms with Crippen LogP contribution >= 0.6 is 0 Å². The van der Waals surface area contributed by atoms with E-state index in [9.17, 15) is 26.7 Å². The Morgan fingerprint density at radius 1 is 0.853 bits per heavy atom. The van der Waals surface area contributed by atoms with Crippen LogP contribution in [-0.4, -0.2) is 17.3 Å². The fourth-order valence-corrected chi connectivity index (χ4v) is 3.56. The minimum atomic E-state index is -4.47. The van der Waals surface area contributed by atoms with Crippen molar-refractivity contribution >= 4 is 28.3 Å². The van der Waals surface area contributed by atoms with E-state index in [1.54, 1.807) is 30.5 Å². The number of amides is 2. The smallest absolute Gasteiger partial charge is 0.395 e. The molecular weight excluding hydrogens is 461 g/mol. The first-order valence-electron chi connectivity index (χ1n) is 9.84. The van der Waals surface area contributed by atoms with Crippen molar-refractivity contribution in [1.82, 2.24) is 4.98 Å². The number of halogens is 5. The maximum Gasteiger partial charge on any atom is 0.586 e. The van der Waals surface area contributed by atoms with Crippen molar-refractivity contribution in [2.75, 3.05) is 10.6 Å². The molecule has 0 unspecified atom stereocenters. The molecule has 0 bridgehead atoms. The van der Waals surface area contributed by atoms with E-state index in [0.29, 0.717) is 27.7 Å². The van der Waals surface area contributed by atoms with Crippen LogP contribution in [0.5, 0.6) is 11.5 Å². The molecule has 6 nitrogen and oxygen atoms in total. The summed E-state index contributed by atoms with van der Waals surface area (Å²) in [7, 11) is 0. The summed E-state index contributed by atoms with van der Waals surface area (Å²) in [5.74, 6) is -0.162. The third-order valence-electron chi connectivity index (χ3n) is 5.13. The lowest BCUT2D eigenvalue weighted by atomic mass is 10.0. The highest BCUT2D eigenvalue weighted by Crippen LogP contribution is 2.43. The first kappa shape index (κ1) is 21.6. The molecule has 0 saturated heterocycles. The average molecular weight is 475 g/mol. The van der Waals surface area contributed by atoms with E-state index in [-0.39, 0.29) is 17.2 Å². The van der Waals surface area contributed by atoms with Crippen LogP contribution < -0.4 is 20.1 Å². The number of rotatable bonds is 3. The van der Waals surface area contributed by atoms with E-state index in [1.165, 1.54) is 12.1 Å². The van der Waals surface area contributed by atoms with E-state index < -0.39 is 24.1 Å². The molecule has 0 saturated carbocycles. The topological polar surface area (TPSA) is 75.4 Å². The molecule has 3 aromatic carbocycles. The van der Waals surface area contributed by atoms with Crippen LogP contribution in [0.25, 0.3) is 22.0 Å². The summed E-state index contributed by atoms with van der Waals surface area (Å²) >= 11 is 0. The number of aromatic nitrogens is 1. The van der Waals surface area contributed by atoms with Gasteiger partial charge in [0.25, 0.3) is 0 Å². The van der Waals surface area contributed by atoms with Crippen LogP contribution in [-0.2, 0) is 6.18 Å². The third kappa shape index (κ3) is 4.19. The molecule has 34 heavy (non-hydrogen) atoms. The number of benzene rings is 3. The van der Waals surface area contributed by atoms with E-state index >= 15 is 0 Å². The molecule has 2 amide bonds. The van der Waals surface area contributed by atoms with Gasteiger partial charge in [-0.3, -0.25) is 0 Å². The van der Waals surface area contributed by atoms with Gasteiger partial charge in [-0.05, 0) is 59.7 Å². The number of fused-ring (bicyclic) bond motifs is 2. The van der Waals surface area contributed by atoms with Gasteiger partial charge in [-0.15, -0.1) is 8.78 Å². The van der Waals surface area contributed by atoms with Crippen LogP contribution in [0.1, 0.15) is 5.56 Å². The van der Waals surface area contributed by atoms with Crippen molar-refractivity contribution < 1.29 is 36.2 Å². The Kier molecular flexibility index (Phi) is 4.85. The molecule has 0 radical (unpaired) electrons. The number of ether oxygens (including phenoxy) is 2. The molecule has 0 spiro atoms. The normalized spacial score (nSPS) is 14.3. The van der Waals surface area contributed by atoms with E-state index in [1.807, 2.05) is 0 Å². The number of alkyl halides is 5. The van der Waals surface area contributed by atoms with Gasteiger partial charge in [0, 0.05) is 22.8 Å². The standard InChI is InChI=1S/C23H14F5N3O3/c24-22(25,26)14-3-5-15(6-4-14)30-21(32)31-18-11-29-17-7-1-12(9-16(17)18)13-2-8-19-20(10-13)34-23(27,28)33-19/h1-11,29H,(H2,30,31,32). The van der Waals surface area contributed by atoms with E-state index in [0.717, 1.165) is 24.3 Å². The van der Waals surface area contributed by atoms with Crippen molar-refractivity contribution in [3.05, 3.63) is 72.4 Å². The molecule has 11 heteroatoms. The summed E-state index contributed by atoms with van der Waals surface area (Å²) in [4.78, 5) is 15.4. The number of nitrogens with one attached hydrogen (secondary N) is 3. The molecule has 3 N–H and O–H groups in total. The highest BCUT2D eigenvalue weighted by Gasteiger charge is 2.43. The summed E-state index contributed by atoms with van der Waals surface area (Å²) in [6.45, 7) is 0. The van der Waals surface area contributed by atoms with Gasteiger partial charge in [-0.2, -0.15) is 13.2 Å². The van der Waals surface area contributed by atoms with Gasteiger partial charge in [0.2, 0.25) is 0 Å². The fraction of sp³-hybridized carbons (Fsp3) is 0.0870. The van der Waals surface area contributed by atoms with Crippen molar-refractivity contribution in [2.45, 2.75) is 12.5 Å². The number of anilines is 2. The number of carbonyl (C=O) groups is 1.